The molecule has 0 aliphatic rings. The lowest BCUT2D eigenvalue weighted by Crippen LogP contribution is -2.18. The van der Waals surface area contributed by atoms with Gasteiger partial charge >= 0.3 is 0 Å². The van der Waals surface area contributed by atoms with E-state index in [2.05, 4.69) is 33.0 Å². The van der Waals surface area contributed by atoms with Gasteiger partial charge in [-0.3, -0.25) is 0 Å². The fourth-order valence-electron chi connectivity index (χ4n) is 2.19. The van der Waals surface area contributed by atoms with Crippen molar-refractivity contribution < 1.29 is 14.2 Å². The standard InChI is InChI=1S/C18H25BrN2O3/c1-15(24-14-16-6-4-3-5-7-16)13-23-11-10-22-9-8-18-20-17(19)12-21(18)2/h3-7,12,15H,8-11,13-14H2,1-2H3/t15-/m0/s1. The molecule has 2 rings (SSSR count). The Morgan fingerprint density at radius 1 is 1.12 bits per heavy atom. The number of benzene rings is 1. The molecule has 0 saturated heterocycles. The highest BCUT2D eigenvalue weighted by atomic mass is 79.9. The maximum absolute atomic E-state index is 5.75. The molecular formula is C18H25BrN2O3. The highest BCUT2D eigenvalue weighted by Gasteiger charge is 2.04. The van der Waals surface area contributed by atoms with Crippen LogP contribution in [-0.2, 0) is 34.3 Å². The SMILES string of the molecule is C[C@@H](COCCOCCc1nc(Br)cn1C)OCc1ccccc1. The third kappa shape index (κ3) is 7.13. The quantitative estimate of drug-likeness (QED) is 0.546. The predicted molar refractivity (Wildman–Crippen MR) is 96.9 cm³/mol. The third-order valence-electron chi connectivity index (χ3n) is 3.52. The Labute approximate surface area is 152 Å². The van der Waals surface area contributed by atoms with Crippen LogP contribution in [0.4, 0.5) is 0 Å². The van der Waals surface area contributed by atoms with Crippen LogP contribution in [0.5, 0.6) is 0 Å². The molecule has 1 heterocycles. The van der Waals surface area contributed by atoms with E-state index in [0.29, 0.717) is 33.0 Å². The first-order chi connectivity index (χ1) is 11.6. The molecule has 1 aromatic heterocycles. The van der Waals surface area contributed by atoms with Crippen molar-refractivity contribution in [3.63, 3.8) is 0 Å². The minimum absolute atomic E-state index is 0.0649. The summed E-state index contributed by atoms with van der Waals surface area (Å²) >= 11 is 3.36. The zero-order valence-corrected chi connectivity index (χ0v) is 15.9. The molecule has 0 unspecified atom stereocenters. The molecule has 0 fully saturated rings. The first-order valence-electron chi connectivity index (χ1n) is 8.14. The molecule has 0 aliphatic carbocycles. The van der Waals surface area contributed by atoms with Crippen LogP contribution in [0.15, 0.2) is 41.1 Å². The van der Waals surface area contributed by atoms with E-state index in [4.69, 9.17) is 14.2 Å². The number of ether oxygens (including phenoxy) is 3. The zero-order chi connectivity index (χ0) is 17.2. The topological polar surface area (TPSA) is 45.5 Å². The second-order valence-electron chi connectivity index (χ2n) is 5.64. The molecule has 0 amide bonds. The van der Waals surface area contributed by atoms with Gasteiger partial charge in [-0.1, -0.05) is 30.3 Å². The van der Waals surface area contributed by atoms with E-state index in [9.17, 15) is 0 Å². The van der Waals surface area contributed by atoms with Crippen LogP contribution in [0.2, 0.25) is 0 Å². The lowest BCUT2D eigenvalue weighted by atomic mass is 10.2. The molecule has 0 aliphatic heterocycles. The van der Waals surface area contributed by atoms with Crippen LogP contribution in [0, 0.1) is 0 Å². The molecule has 2 aromatic rings. The maximum Gasteiger partial charge on any atom is 0.124 e. The summed E-state index contributed by atoms with van der Waals surface area (Å²) in [6.45, 7) is 4.99. The first kappa shape index (κ1) is 19.1. The summed E-state index contributed by atoms with van der Waals surface area (Å²) in [5.74, 6) is 1.01. The van der Waals surface area contributed by atoms with Gasteiger partial charge < -0.3 is 18.8 Å². The number of nitrogens with zero attached hydrogens (tertiary/aromatic N) is 2. The minimum Gasteiger partial charge on any atom is -0.379 e. The number of hydrogen-bond acceptors (Lipinski definition) is 4. The summed E-state index contributed by atoms with van der Waals surface area (Å²) in [5.41, 5.74) is 1.17. The van der Waals surface area contributed by atoms with E-state index in [1.807, 2.05) is 42.9 Å². The van der Waals surface area contributed by atoms with Crippen LogP contribution >= 0.6 is 15.9 Å². The number of hydrogen-bond donors (Lipinski definition) is 0. The van der Waals surface area contributed by atoms with E-state index < -0.39 is 0 Å². The number of aryl methyl sites for hydroxylation is 1. The van der Waals surface area contributed by atoms with Gasteiger partial charge in [0.1, 0.15) is 10.4 Å². The molecule has 0 radical (unpaired) electrons. The van der Waals surface area contributed by atoms with Gasteiger partial charge in [0.15, 0.2) is 0 Å². The van der Waals surface area contributed by atoms with E-state index in [-0.39, 0.29) is 6.10 Å². The van der Waals surface area contributed by atoms with Gasteiger partial charge in [0.2, 0.25) is 0 Å². The van der Waals surface area contributed by atoms with Crippen LogP contribution in [0.3, 0.4) is 0 Å². The van der Waals surface area contributed by atoms with Crippen molar-refractivity contribution in [3.8, 4) is 0 Å². The molecule has 0 bridgehead atoms. The largest absolute Gasteiger partial charge is 0.379 e. The summed E-state index contributed by atoms with van der Waals surface area (Å²) in [5, 5.41) is 0. The highest BCUT2D eigenvalue weighted by molar-refractivity contribution is 9.10. The molecule has 0 spiro atoms. The van der Waals surface area contributed by atoms with Crippen molar-refractivity contribution in [1.29, 1.82) is 0 Å². The molecule has 0 saturated carbocycles. The van der Waals surface area contributed by atoms with Crippen LogP contribution in [0.1, 0.15) is 18.3 Å². The average Bonchev–Trinajstić information content (AvgIpc) is 2.90. The second kappa shape index (κ2) is 10.6. The molecule has 24 heavy (non-hydrogen) atoms. The van der Waals surface area contributed by atoms with Crippen molar-refractivity contribution in [2.24, 2.45) is 7.05 Å². The lowest BCUT2D eigenvalue weighted by Gasteiger charge is -2.13. The van der Waals surface area contributed by atoms with Crippen molar-refractivity contribution >= 4 is 15.9 Å². The van der Waals surface area contributed by atoms with Crippen LogP contribution < -0.4 is 0 Å². The molecule has 5 nitrogen and oxygen atoms in total. The first-order valence-corrected chi connectivity index (χ1v) is 8.93. The molecule has 1 atom stereocenters. The maximum atomic E-state index is 5.75. The predicted octanol–water partition coefficient (Wildman–Crippen LogP) is 3.36. The van der Waals surface area contributed by atoms with Crippen molar-refractivity contribution in [3.05, 3.63) is 52.5 Å². The smallest absolute Gasteiger partial charge is 0.124 e. The Bertz CT molecular complexity index is 589. The Kier molecular flexibility index (Phi) is 8.45. The molecule has 0 N–H and O–H groups in total. The fraction of sp³-hybridized carbons (Fsp3) is 0.500. The van der Waals surface area contributed by atoms with Crippen molar-refractivity contribution in [2.45, 2.75) is 26.1 Å². The average molecular weight is 397 g/mol. The normalized spacial score (nSPS) is 12.5. The third-order valence-corrected chi connectivity index (χ3v) is 3.90. The summed E-state index contributed by atoms with van der Waals surface area (Å²) in [7, 11) is 1.98. The fourth-order valence-corrected chi connectivity index (χ4v) is 2.70. The van der Waals surface area contributed by atoms with E-state index in [1.54, 1.807) is 0 Å². The van der Waals surface area contributed by atoms with Gasteiger partial charge in [0.25, 0.3) is 0 Å². The van der Waals surface area contributed by atoms with E-state index >= 15 is 0 Å². The molecule has 132 valence electrons. The van der Waals surface area contributed by atoms with E-state index in [1.165, 1.54) is 5.56 Å². The van der Waals surface area contributed by atoms with Crippen LogP contribution in [0.25, 0.3) is 0 Å². The highest BCUT2D eigenvalue weighted by Crippen LogP contribution is 2.08. The molecule has 6 heteroatoms. The van der Waals surface area contributed by atoms with Gasteiger partial charge in [0, 0.05) is 19.7 Å². The monoisotopic (exact) mass is 396 g/mol. The Balaban J connectivity index is 1.46. The molecular weight excluding hydrogens is 372 g/mol. The lowest BCUT2D eigenvalue weighted by molar-refractivity contribution is -0.0293. The van der Waals surface area contributed by atoms with Gasteiger partial charge in [-0.15, -0.1) is 0 Å². The van der Waals surface area contributed by atoms with Crippen molar-refractivity contribution in [2.75, 3.05) is 26.4 Å². The van der Waals surface area contributed by atoms with Crippen molar-refractivity contribution in [1.82, 2.24) is 9.55 Å². The summed E-state index contributed by atoms with van der Waals surface area (Å²) in [6, 6.07) is 10.1. The summed E-state index contributed by atoms with van der Waals surface area (Å²) < 4.78 is 19.8. The van der Waals surface area contributed by atoms with Gasteiger partial charge in [0.05, 0.1) is 39.1 Å². The minimum atomic E-state index is 0.0649. The molecule has 1 aromatic carbocycles. The second-order valence-corrected chi connectivity index (χ2v) is 6.45. The number of aromatic nitrogens is 2. The number of imidazole rings is 1. The van der Waals surface area contributed by atoms with Gasteiger partial charge in [-0.25, -0.2) is 4.98 Å². The van der Waals surface area contributed by atoms with Gasteiger partial charge in [-0.2, -0.15) is 0 Å². The van der Waals surface area contributed by atoms with Crippen LogP contribution in [-0.4, -0.2) is 42.1 Å². The Morgan fingerprint density at radius 3 is 2.58 bits per heavy atom. The Morgan fingerprint density at radius 2 is 1.88 bits per heavy atom. The summed E-state index contributed by atoms with van der Waals surface area (Å²) in [6.07, 6.45) is 2.80. The zero-order valence-electron chi connectivity index (χ0n) is 14.3. The van der Waals surface area contributed by atoms with Gasteiger partial charge in [-0.05, 0) is 28.4 Å². The van der Waals surface area contributed by atoms with E-state index in [0.717, 1.165) is 16.8 Å². The number of halogens is 1. The Hall–Kier alpha value is -1.21. The number of rotatable bonds is 11. The summed E-state index contributed by atoms with van der Waals surface area (Å²) in [4.78, 5) is 4.36.